The molecule has 1 heterocycles. The van der Waals surface area contributed by atoms with Gasteiger partial charge in [0.2, 0.25) is 0 Å². The minimum absolute atomic E-state index is 0.0853. The first-order valence-corrected chi connectivity index (χ1v) is 29.0. The van der Waals surface area contributed by atoms with Gasteiger partial charge in [0.1, 0.15) is 22.8 Å². The number of hydrogen-bond acceptors (Lipinski definition) is 3. The molecule has 0 aliphatic heterocycles. The molecule has 5 heteroatoms. The van der Waals surface area contributed by atoms with E-state index in [0.29, 0.717) is 22.5 Å². The third-order valence-corrected chi connectivity index (χ3v) is 17.7. The van der Waals surface area contributed by atoms with Gasteiger partial charge in [-0.05, 0) is 168 Å². The number of benzene rings is 12. The smallest absolute Gasteiger partial charge is 0.145 e. The summed E-state index contributed by atoms with van der Waals surface area (Å²) in [5.41, 5.74) is 19.1. The van der Waals surface area contributed by atoms with Gasteiger partial charge in [-0.3, -0.25) is 0 Å². The van der Waals surface area contributed by atoms with Gasteiger partial charge in [-0.2, -0.15) is 0 Å². The Morgan fingerprint density at radius 3 is 1.45 bits per heavy atom. The first kappa shape index (κ1) is 51.1. The summed E-state index contributed by atoms with van der Waals surface area (Å²) in [5, 5.41) is 4.19. The maximum Gasteiger partial charge on any atom is 0.145 e. The van der Waals surface area contributed by atoms with E-state index in [1.165, 1.54) is 22.1 Å². The summed E-state index contributed by atoms with van der Waals surface area (Å²) in [4.78, 5) is 4.43. The second-order valence-corrected chi connectivity index (χ2v) is 24.7. The average Bonchev–Trinajstić information content (AvgIpc) is 1.69. The van der Waals surface area contributed by atoms with Crippen molar-refractivity contribution < 1.29 is 13.2 Å². The zero-order chi connectivity index (χ0) is 57.2. The Bertz CT molecular complexity index is 4760. The van der Waals surface area contributed by atoms with Crippen LogP contribution in [-0.2, 0) is 16.2 Å². The Labute approximate surface area is 489 Å². The van der Waals surface area contributed by atoms with Crippen LogP contribution in [0.15, 0.2) is 259 Å². The number of nitrogens with zero attached hydrogens (tertiary/aromatic N) is 2. The van der Waals surface area contributed by atoms with E-state index in [-0.39, 0.29) is 22.5 Å². The number of halogens is 2. The SMILES string of the molecule is CC(C)(C)c1ccc(N(c2ccc(-c3ccccc3)c(F)c2)c2ccc3c(c2)C2(c4ccccc4-c4c2ccc2ccccc42)c2cc(N(c4ccc(C(C)(C)C)cc4)c4ccc(-c5ccccc5)c(F)c4)c4c(oc5ccccc54)c2-3)cc1. The van der Waals surface area contributed by atoms with Crippen molar-refractivity contribution in [3.05, 3.63) is 300 Å². The number of rotatable bonds is 8. The lowest BCUT2D eigenvalue weighted by Crippen LogP contribution is -2.26. The minimum atomic E-state index is -0.924. The van der Waals surface area contributed by atoms with Crippen LogP contribution in [-0.4, -0.2) is 0 Å². The summed E-state index contributed by atoms with van der Waals surface area (Å²) in [6.45, 7) is 13.4. The maximum absolute atomic E-state index is 17.2. The van der Waals surface area contributed by atoms with Gasteiger partial charge in [-0.1, -0.05) is 211 Å². The van der Waals surface area contributed by atoms with Crippen molar-refractivity contribution >= 4 is 66.8 Å². The molecule has 1 aromatic heterocycles. The molecule has 0 fully saturated rings. The predicted octanol–water partition coefficient (Wildman–Crippen LogP) is 22.2. The quantitative estimate of drug-likeness (QED) is 0.151. The molecule has 12 aromatic carbocycles. The van der Waals surface area contributed by atoms with Crippen LogP contribution < -0.4 is 9.80 Å². The Kier molecular flexibility index (Phi) is 11.6. The molecule has 1 unspecified atom stereocenters. The van der Waals surface area contributed by atoms with Crippen LogP contribution in [0.3, 0.4) is 0 Å². The van der Waals surface area contributed by atoms with Crippen LogP contribution in [0.1, 0.15) is 74.9 Å². The fourth-order valence-corrected chi connectivity index (χ4v) is 13.7. The highest BCUT2D eigenvalue weighted by Crippen LogP contribution is 2.67. The Balaban J connectivity index is 1.05. The van der Waals surface area contributed by atoms with E-state index in [2.05, 4.69) is 197 Å². The van der Waals surface area contributed by atoms with Gasteiger partial charge in [-0.25, -0.2) is 8.78 Å². The molecule has 0 bridgehead atoms. The molecule has 15 rings (SSSR count). The molecule has 2 aliphatic rings. The summed E-state index contributed by atoms with van der Waals surface area (Å²) in [5.74, 6) is -0.629. The lowest BCUT2D eigenvalue weighted by Gasteiger charge is -2.34. The third-order valence-electron chi connectivity index (χ3n) is 17.7. The van der Waals surface area contributed by atoms with E-state index in [1.807, 2.05) is 97.1 Å². The van der Waals surface area contributed by atoms with E-state index in [9.17, 15) is 0 Å². The topological polar surface area (TPSA) is 19.6 Å². The molecule has 0 saturated carbocycles. The highest BCUT2D eigenvalue weighted by Gasteiger charge is 2.54. The van der Waals surface area contributed by atoms with Crippen molar-refractivity contribution in [2.24, 2.45) is 0 Å². The molecule has 84 heavy (non-hydrogen) atoms. The van der Waals surface area contributed by atoms with Crippen molar-refractivity contribution in [1.82, 2.24) is 0 Å². The lowest BCUT2D eigenvalue weighted by molar-refractivity contribution is 0.590. The molecule has 0 amide bonds. The summed E-state index contributed by atoms with van der Waals surface area (Å²) >= 11 is 0. The average molecular weight is 1090 g/mol. The van der Waals surface area contributed by atoms with Gasteiger partial charge in [0.15, 0.2) is 0 Å². The van der Waals surface area contributed by atoms with Gasteiger partial charge < -0.3 is 14.2 Å². The van der Waals surface area contributed by atoms with Crippen LogP contribution in [0, 0.1) is 11.6 Å². The molecule has 1 spiro atoms. The molecular formula is C79H60F2N2O. The van der Waals surface area contributed by atoms with E-state index >= 15 is 8.78 Å². The number of hydrogen-bond donors (Lipinski definition) is 0. The van der Waals surface area contributed by atoms with E-state index in [4.69, 9.17) is 4.42 Å². The zero-order valence-corrected chi connectivity index (χ0v) is 47.8. The van der Waals surface area contributed by atoms with Crippen LogP contribution in [0.4, 0.5) is 42.9 Å². The largest absolute Gasteiger partial charge is 0.455 e. The van der Waals surface area contributed by atoms with E-state index in [0.717, 1.165) is 100 Å². The molecule has 1 atom stereocenters. The van der Waals surface area contributed by atoms with E-state index in [1.54, 1.807) is 12.1 Å². The van der Waals surface area contributed by atoms with Gasteiger partial charge in [0.05, 0.1) is 16.5 Å². The van der Waals surface area contributed by atoms with Crippen LogP contribution >= 0.6 is 0 Å². The fraction of sp³-hybridized carbons (Fsp3) is 0.114. The maximum atomic E-state index is 17.2. The highest BCUT2D eigenvalue weighted by molar-refractivity contribution is 6.20. The summed E-state index contributed by atoms with van der Waals surface area (Å²) < 4.78 is 41.6. The first-order valence-electron chi connectivity index (χ1n) is 29.0. The van der Waals surface area contributed by atoms with Gasteiger partial charge in [-0.15, -0.1) is 0 Å². The normalized spacial score (nSPS) is 14.2. The summed E-state index contributed by atoms with van der Waals surface area (Å²) in [7, 11) is 0. The zero-order valence-electron chi connectivity index (χ0n) is 47.8. The molecular weight excluding hydrogens is 1030 g/mol. The van der Waals surface area contributed by atoms with Crippen molar-refractivity contribution in [3.63, 3.8) is 0 Å². The van der Waals surface area contributed by atoms with Crippen molar-refractivity contribution in [2.75, 3.05) is 9.80 Å². The van der Waals surface area contributed by atoms with Crippen molar-refractivity contribution in [2.45, 2.75) is 57.8 Å². The monoisotopic (exact) mass is 1090 g/mol. The second-order valence-electron chi connectivity index (χ2n) is 24.7. The van der Waals surface area contributed by atoms with Crippen LogP contribution in [0.5, 0.6) is 0 Å². The van der Waals surface area contributed by atoms with Crippen molar-refractivity contribution in [1.29, 1.82) is 0 Å². The number of para-hydroxylation sites is 1. The molecule has 406 valence electrons. The fourth-order valence-electron chi connectivity index (χ4n) is 13.7. The summed E-state index contributed by atoms with van der Waals surface area (Å²) in [6, 6.07) is 87.9. The molecule has 0 saturated heterocycles. The van der Waals surface area contributed by atoms with Crippen LogP contribution in [0.25, 0.3) is 77.2 Å². The van der Waals surface area contributed by atoms with Gasteiger partial charge >= 0.3 is 0 Å². The predicted molar refractivity (Wildman–Crippen MR) is 345 cm³/mol. The molecule has 13 aromatic rings. The van der Waals surface area contributed by atoms with Gasteiger partial charge in [0.25, 0.3) is 0 Å². The van der Waals surface area contributed by atoms with Crippen molar-refractivity contribution in [3.8, 4) is 44.5 Å². The second kappa shape index (κ2) is 19.1. The Morgan fingerprint density at radius 1 is 0.357 bits per heavy atom. The molecule has 3 nitrogen and oxygen atoms in total. The standard InChI is InChI=1S/C79H60F2N2O/c1-77(2,3)52-30-34-54(35-31-52)82(57-38-41-59(69(80)46-57)49-19-9-7-10-20-49)56-40-43-63-67(45-56)79(65-27-17-15-25-62(65)73-61-24-14-13-23-51(61)29-44-66(73)79)68-48-71(75-64-26-16-18-28-72(64)84-76(75)74(63)68)83(55-36-32-53(33-37-55)78(4,5)6)58-39-42-60(70(81)47-58)50-21-11-8-12-22-50/h7-48H,1-6H3. The molecule has 0 N–H and O–H groups in total. The highest BCUT2D eigenvalue weighted by atomic mass is 19.1. The lowest BCUT2D eigenvalue weighted by atomic mass is 9.70. The molecule has 0 radical (unpaired) electrons. The summed E-state index contributed by atoms with van der Waals surface area (Å²) in [6.07, 6.45) is 0. The number of furan rings is 1. The van der Waals surface area contributed by atoms with Crippen LogP contribution in [0.2, 0.25) is 0 Å². The number of anilines is 6. The molecule has 2 aliphatic carbocycles. The number of fused-ring (bicyclic) bond motifs is 16. The van der Waals surface area contributed by atoms with E-state index < -0.39 is 5.41 Å². The minimum Gasteiger partial charge on any atom is -0.455 e. The first-order chi connectivity index (χ1) is 40.8. The third kappa shape index (κ3) is 7.89. The Hall–Kier alpha value is -9.84. The Morgan fingerprint density at radius 2 is 0.845 bits per heavy atom. The van der Waals surface area contributed by atoms with Gasteiger partial charge in [0, 0.05) is 50.5 Å².